The molecule has 4 aromatic heterocycles. The summed E-state index contributed by atoms with van der Waals surface area (Å²) in [5.74, 6) is -0.838. The van der Waals surface area contributed by atoms with Crippen molar-refractivity contribution in [3.63, 3.8) is 0 Å². The number of rotatable bonds is 6. The molecule has 14 heteroatoms. The van der Waals surface area contributed by atoms with E-state index in [9.17, 15) is 9.59 Å². The Labute approximate surface area is 270 Å². The molecule has 0 saturated carbocycles. The van der Waals surface area contributed by atoms with E-state index in [1.165, 1.54) is 12.4 Å². The number of aromatic amines is 1. The first-order chi connectivity index (χ1) is 22.2. The van der Waals surface area contributed by atoms with E-state index in [1.54, 1.807) is 23.2 Å². The number of carbonyl (C=O) groups is 2. The van der Waals surface area contributed by atoms with Crippen molar-refractivity contribution < 1.29 is 23.2 Å². The standard InChI is InChI=1S/C33H38FN9O4/c1-32(2,3)30-40-29(47-41-30)28(44)35-15-20-8-7-19(13-24(20)34)26-23-14-25(39-27(23)37-18-36-26)21-16-38-43(17-21)22-9-11-42(12-10-22)31(45)46-33(4,5)6/h7-8,13-14,16-18,22H,9-12,15H2,1-6H3,(H,35,44)(H,36,37,39). The van der Waals surface area contributed by atoms with Gasteiger partial charge in [0, 0.05) is 53.3 Å². The highest BCUT2D eigenvalue weighted by Gasteiger charge is 2.28. The third kappa shape index (κ3) is 7.00. The Balaban J connectivity index is 1.13. The Kier molecular flexibility index (Phi) is 8.28. The summed E-state index contributed by atoms with van der Waals surface area (Å²) in [6.45, 7) is 12.4. The molecule has 0 spiro atoms. The van der Waals surface area contributed by atoms with Gasteiger partial charge in [0.05, 0.1) is 23.6 Å². The molecule has 1 aliphatic rings. The number of ether oxygens (including phenoxy) is 1. The smallest absolute Gasteiger partial charge is 0.410 e. The van der Waals surface area contributed by atoms with Gasteiger partial charge >= 0.3 is 17.9 Å². The molecule has 13 nitrogen and oxygen atoms in total. The molecule has 5 heterocycles. The largest absolute Gasteiger partial charge is 0.444 e. The highest BCUT2D eigenvalue weighted by molar-refractivity contribution is 5.94. The van der Waals surface area contributed by atoms with Crippen LogP contribution in [0.5, 0.6) is 0 Å². The van der Waals surface area contributed by atoms with Crippen molar-refractivity contribution >= 4 is 23.0 Å². The lowest BCUT2D eigenvalue weighted by Crippen LogP contribution is -2.42. The average molecular weight is 644 g/mol. The van der Waals surface area contributed by atoms with E-state index in [2.05, 4.69) is 35.5 Å². The number of hydrogen-bond acceptors (Lipinski definition) is 9. The van der Waals surface area contributed by atoms with E-state index in [4.69, 9.17) is 9.26 Å². The predicted molar refractivity (Wildman–Crippen MR) is 171 cm³/mol. The van der Waals surface area contributed by atoms with Crippen LogP contribution >= 0.6 is 0 Å². The van der Waals surface area contributed by atoms with Crippen molar-refractivity contribution in [2.75, 3.05) is 13.1 Å². The first-order valence-corrected chi connectivity index (χ1v) is 15.5. The topological polar surface area (TPSA) is 157 Å². The Morgan fingerprint density at radius 3 is 2.53 bits per heavy atom. The minimum Gasteiger partial charge on any atom is -0.444 e. The summed E-state index contributed by atoms with van der Waals surface area (Å²) in [6, 6.07) is 6.84. The number of nitrogens with one attached hydrogen (secondary N) is 2. The second-order valence-electron chi connectivity index (χ2n) is 13.7. The van der Waals surface area contributed by atoms with Crippen molar-refractivity contribution in [2.24, 2.45) is 0 Å². The van der Waals surface area contributed by atoms with Crippen LogP contribution in [0.1, 0.15) is 82.5 Å². The molecular formula is C33H38FN9O4. The summed E-state index contributed by atoms with van der Waals surface area (Å²) in [5.41, 5.74) is 2.80. The lowest BCUT2D eigenvalue weighted by Gasteiger charge is -2.33. The van der Waals surface area contributed by atoms with Gasteiger partial charge in [-0.2, -0.15) is 10.1 Å². The molecule has 5 aromatic rings. The Morgan fingerprint density at radius 2 is 1.85 bits per heavy atom. The normalized spacial score (nSPS) is 14.5. The number of hydrogen-bond donors (Lipinski definition) is 2. The van der Waals surface area contributed by atoms with Crippen LogP contribution in [0.4, 0.5) is 9.18 Å². The van der Waals surface area contributed by atoms with Crippen molar-refractivity contribution in [1.29, 1.82) is 0 Å². The maximum Gasteiger partial charge on any atom is 0.410 e. The summed E-state index contributed by atoms with van der Waals surface area (Å²) in [5, 5.41) is 11.8. The number of fused-ring (bicyclic) bond motifs is 1. The Hall–Kier alpha value is -5.14. The van der Waals surface area contributed by atoms with E-state index in [1.807, 2.05) is 58.5 Å². The van der Waals surface area contributed by atoms with Crippen molar-refractivity contribution in [1.82, 2.24) is 45.1 Å². The molecule has 246 valence electrons. The SMILES string of the molecule is CC(C)(C)OC(=O)N1CCC(n2cc(-c3cc4c(-c5ccc(CNC(=O)c6nc(C(C)(C)C)no6)c(F)c5)ncnc4[nH]3)cn2)CC1. The summed E-state index contributed by atoms with van der Waals surface area (Å²) < 4.78 is 27.8. The predicted octanol–water partition coefficient (Wildman–Crippen LogP) is 5.81. The van der Waals surface area contributed by atoms with Crippen molar-refractivity contribution in [3.05, 3.63) is 66.1 Å². The van der Waals surface area contributed by atoms with Gasteiger partial charge in [0.25, 0.3) is 0 Å². The fraction of sp³-hybridized carbons (Fsp3) is 0.424. The number of piperidine rings is 1. The highest BCUT2D eigenvalue weighted by atomic mass is 19.1. The summed E-state index contributed by atoms with van der Waals surface area (Å²) in [4.78, 5) is 43.0. The van der Waals surface area contributed by atoms with Crippen molar-refractivity contribution in [2.45, 2.75) is 78.0 Å². The first kappa shape index (κ1) is 31.8. The molecule has 1 aromatic carbocycles. The van der Waals surface area contributed by atoms with E-state index in [0.717, 1.165) is 29.5 Å². The summed E-state index contributed by atoms with van der Waals surface area (Å²) in [7, 11) is 0. The summed E-state index contributed by atoms with van der Waals surface area (Å²) >= 11 is 0. The van der Waals surface area contributed by atoms with Crippen LogP contribution in [0, 0.1) is 5.82 Å². The molecule has 0 radical (unpaired) electrons. The molecule has 47 heavy (non-hydrogen) atoms. The number of likely N-dealkylation sites (tertiary alicyclic amines) is 1. The number of benzene rings is 1. The van der Waals surface area contributed by atoms with Crippen LogP contribution in [0.15, 0.2) is 47.5 Å². The maximum atomic E-state index is 15.2. The van der Waals surface area contributed by atoms with Crippen LogP contribution in [-0.4, -0.2) is 70.5 Å². The average Bonchev–Trinajstić information content (AvgIpc) is 3.79. The first-order valence-electron chi connectivity index (χ1n) is 15.5. The van der Waals surface area contributed by atoms with Gasteiger partial charge in [0.15, 0.2) is 5.82 Å². The van der Waals surface area contributed by atoms with Crippen molar-refractivity contribution in [3.8, 4) is 22.5 Å². The molecule has 2 N–H and O–H groups in total. The highest BCUT2D eigenvalue weighted by Crippen LogP contribution is 2.32. The molecule has 2 amide bonds. The monoisotopic (exact) mass is 643 g/mol. The van der Waals surface area contributed by atoms with E-state index < -0.39 is 17.3 Å². The van der Waals surface area contributed by atoms with Gasteiger partial charge in [-0.05, 0) is 45.7 Å². The van der Waals surface area contributed by atoms with Gasteiger partial charge in [-0.3, -0.25) is 9.48 Å². The fourth-order valence-electron chi connectivity index (χ4n) is 5.35. The molecule has 6 rings (SSSR count). The third-order valence-corrected chi connectivity index (χ3v) is 7.89. The molecule has 1 saturated heterocycles. The van der Waals surface area contributed by atoms with Gasteiger partial charge < -0.3 is 24.5 Å². The lowest BCUT2D eigenvalue weighted by molar-refractivity contribution is 0.0184. The number of aromatic nitrogens is 7. The molecule has 1 fully saturated rings. The number of H-pyrrole nitrogens is 1. The molecule has 1 aliphatic heterocycles. The summed E-state index contributed by atoms with van der Waals surface area (Å²) in [6.07, 6.45) is 6.45. The zero-order valence-electron chi connectivity index (χ0n) is 27.3. The van der Waals surface area contributed by atoms with Crippen LogP contribution in [0.2, 0.25) is 0 Å². The number of amides is 2. The molecule has 0 atom stereocenters. The maximum absolute atomic E-state index is 15.2. The molecular weight excluding hydrogens is 605 g/mol. The number of nitrogens with zero attached hydrogens (tertiary/aromatic N) is 7. The van der Waals surface area contributed by atoms with Gasteiger partial charge in [-0.25, -0.2) is 19.2 Å². The Bertz CT molecular complexity index is 1920. The van der Waals surface area contributed by atoms with Crippen LogP contribution < -0.4 is 5.32 Å². The fourth-order valence-corrected chi connectivity index (χ4v) is 5.35. The van der Waals surface area contributed by atoms with Gasteiger partial charge in [-0.15, -0.1) is 0 Å². The molecule has 0 unspecified atom stereocenters. The van der Waals surface area contributed by atoms with E-state index >= 15 is 4.39 Å². The van der Waals surface area contributed by atoms with Gasteiger partial charge in [-0.1, -0.05) is 38.1 Å². The minimum absolute atomic E-state index is 0.0598. The zero-order valence-corrected chi connectivity index (χ0v) is 27.3. The second-order valence-corrected chi connectivity index (χ2v) is 13.7. The number of halogens is 1. The van der Waals surface area contributed by atoms with E-state index in [-0.39, 0.29) is 30.0 Å². The van der Waals surface area contributed by atoms with Gasteiger partial charge in [0.1, 0.15) is 23.4 Å². The quantitative estimate of drug-likeness (QED) is 0.233. The zero-order chi connectivity index (χ0) is 33.5. The number of carbonyl (C=O) groups excluding carboxylic acids is 2. The van der Waals surface area contributed by atoms with Crippen LogP contribution in [0.3, 0.4) is 0 Å². The third-order valence-electron chi connectivity index (χ3n) is 7.89. The van der Waals surface area contributed by atoms with Gasteiger partial charge in [0.2, 0.25) is 0 Å². The van der Waals surface area contributed by atoms with Crippen LogP contribution in [-0.2, 0) is 16.7 Å². The van der Waals surface area contributed by atoms with Crippen LogP contribution in [0.25, 0.3) is 33.5 Å². The minimum atomic E-state index is -0.580. The van der Waals surface area contributed by atoms with E-state index in [0.29, 0.717) is 41.4 Å². The molecule has 0 aliphatic carbocycles. The molecule has 0 bridgehead atoms. The Morgan fingerprint density at radius 1 is 1.09 bits per heavy atom. The second kappa shape index (κ2) is 12.2. The lowest BCUT2D eigenvalue weighted by atomic mass is 9.96.